The molecular formula is C36H47NO2. The third kappa shape index (κ3) is 5.99. The Balaban J connectivity index is 1.66. The average molecular weight is 526 g/mol. The van der Waals surface area contributed by atoms with Crippen molar-refractivity contribution in [3.05, 3.63) is 82.6 Å². The summed E-state index contributed by atoms with van der Waals surface area (Å²) in [6.07, 6.45) is 6.84. The van der Waals surface area contributed by atoms with E-state index in [-0.39, 0.29) is 23.5 Å². The fraction of sp³-hybridized carbons (Fsp3) is 0.528. The van der Waals surface area contributed by atoms with Crippen molar-refractivity contribution in [1.82, 2.24) is 0 Å². The van der Waals surface area contributed by atoms with Crippen LogP contribution in [-0.4, -0.2) is 11.6 Å². The quantitative estimate of drug-likeness (QED) is 0.263. The second-order valence-electron chi connectivity index (χ2n) is 12.7. The van der Waals surface area contributed by atoms with Gasteiger partial charge in [-0.3, -0.25) is 9.59 Å². The Morgan fingerprint density at radius 3 is 2.21 bits per heavy atom. The third-order valence-electron chi connectivity index (χ3n) is 9.89. The van der Waals surface area contributed by atoms with Gasteiger partial charge in [-0.15, -0.1) is 5.73 Å². The van der Waals surface area contributed by atoms with Crippen molar-refractivity contribution in [3.63, 3.8) is 0 Å². The molecule has 1 unspecified atom stereocenters. The van der Waals surface area contributed by atoms with Crippen LogP contribution >= 0.6 is 0 Å². The zero-order chi connectivity index (χ0) is 28.3. The van der Waals surface area contributed by atoms with E-state index in [1.54, 1.807) is 0 Å². The smallest absolute Gasteiger partial charge is 0.145 e. The minimum absolute atomic E-state index is 0.0168. The fourth-order valence-electron chi connectivity index (χ4n) is 7.73. The zero-order valence-corrected chi connectivity index (χ0v) is 24.7. The molecule has 2 aromatic rings. The van der Waals surface area contributed by atoms with Crippen LogP contribution in [0.5, 0.6) is 0 Å². The molecule has 2 aliphatic carbocycles. The van der Waals surface area contributed by atoms with Crippen LogP contribution < -0.4 is 5.73 Å². The van der Waals surface area contributed by atoms with Crippen LogP contribution in [0.25, 0.3) is 0 Å². The number of nitrogen functional groups attached to an aromatic ring is 1. The van der Waals surface area contributed by atoms with Gasteiger partial charge in [-0.1, -0.05) is 68.8 Å². The molecule has 2 aliphatic rings. The number of hydrogen-bond donors (Lipinski definition) is 1. The van der Waals surface area contributed by atoms with Crippen LogP contribution in [0.2, 0.25) is 0 Å². The molecule has 2 saturated carbocycles. The summed E-state index contributed by atoms with van der Waals surface area (Å²) in [6, 6.07) is 14.5. The van der Waals surface area contributed by atoms with E-state index in [1.807, 2.05) is 12.1 Å². The second-order valence-corrected chi connectivity index (χ2v) is 12.7. The number of ketones is 2. The predicted molar refractivity (Wildman–Crippen MR) is 162 cm³/mol. The lowest BCUT2D eigenvalue weighted by Gasteiger charge is -2.39. The van der Waals surface area contributed by atoms with Gasteiger partial charge in [0.25, 0.3) is 0 Å². The van der Waals surface area contributed by atoms with Crippen molar-refractivity contribution in [2.24, 2.45) is 23.2 Å². The predicted octanol–water partition coefficient (Wildman–Crippen LogP) is 8.65. The molecule has 3 atom stereocenters. The number of anilines is 1. The Morgan fingerprint density at radius 2 is 1.67 bits per heavy atom. The van der Waals surface area contributed by atoms with Gasteiger partial charge in [-0.25, -0.2) is 0 Å². The van der Waals surface area contributed by atoms with Gasteiger partial charge in [0.15, 0.2) is 0 Å². The van der Waals surface area contributed by atoms with E-state index in [0.717, 1.165) is 78.0 Å². The number of carbonyl (C=O) groups is 2. The summed E-state index contributed by atoms with van der Waals surface area (Å²) < 4.78 is 0. The van der Waals surface area contributed by atoms with E-state index >= 15 is 0 Å². The van der Waals surface area contributed by atoms with Gasteiger partial charge < -0.3 is 5.73 Å². The minimum Gasteiger partial charge on any atom is -0.399 e. The highest BCUT2D eigenvalue weighted by atomic mass is 16.1. The molecule has 0 aliphatic heterocycles. The number of rotatable bonds is 9. The van der Waals surface area contributed by atoms with Gasteiger partial charge in [0, 0.05) is 29.9 Å². The standard InChI is InChI=1S/C36H47NO2/c1-7-31-35(29-20-24(5)19-25(6)21-29)34(39)22-36(31,8-2)32(27-13-15-30(37)16-14-27)17-18-33(38)28-11-9-26(10-12-28)23(3)4/h13-16,19-21,23,26,28,32,35H,1,8-12,17-18,22,37H2,2-6H3/t26?,28?,32-,35?,36-/m0/s1. The Bertz CT molecular complexity index is 1220. The van der Waals surface area contributed by atoms with E-state index in [1.165, 1.54) is 0 Å². The number of carbonyl (C=O) groups excluding carboxylic acids is 2. The molecule has 4 rings (SSSR count). The molecule has 0 heterocycles. The molecule has 2 aromatic carbocycles. The summed E-state index contributed by atoms with van der Waals surface area (Å²) in [5.74, 6) is 1.91. The van der Waals surface area contributed by atoms with Crippen molar-refractivity contribution >= 4 is 17.3 Å². The highest BCUT2D eigenvalue weighted by molar-refractivity contribution is 5.94. The molecule has 0 saturated heterocycles. The topological polar surface area (TPSA) is 60.2 Å². The summed E-state index contributed by atoms with van der Waals surface area (Å²) >= 11 is 0. The van der Waals surface area contributed by atoms with Gasteiger partial charge in [-0.05, 0) is 99.0 Å². The fourth-order valence-corrected chi connectivity index (χ4v) is 7.73. The first-order valence-corrected chi connectivity index (χ1v) is 15.0. The average Bonchev–Trinajstić information content (AvgIpc) is 3.21. The summed E-state index contributed by atoms with van der Waals surface area (Å²) in [5, 5.41) is 0. The molecule has 208 valence electrons. The number of hydrogen-bond acceptors (Lipinski definition) is 3. The van der Waals surface area contributed by atoms with Crippen LogP contribution in [0.1, 0.15) is 106 Å². The van der Waals surface area contributed by atoms with E-state index in [0.29, 0.717) is 24.5 Å². The van der Waals surface area contributed by atoms with Crippen LogP contribution in [0.15, 0.2) is 60.3 Å². The maximum absolute atomic E-state index is 13.8. The SMILES string of the molecule is C=C=C1C(c2cc(C)cc(C)c2)C(=O)C[C@]1(CC)[C@@H](CCC(=O)C1CCC(C(C)C)CC1)c1ccc(N)cc1. The first-order valence-electron chi connectivity index (χ1n) is 15.0. The lowest BCUT2D eigenvalue weighted by atomic mass is 9.63. The van der Waals surface area contributed by atoms with Crippen molar-refractivity contribution in [2.75, 3.05) is 5.73 Å². The highest BCUT2D eigenvalue weighted by Gasteiger charge is 2.53. The van der Waals surface area contributed by atoms with Crippen LogP contribution in [0.4, 0.5) is 5.69 Å². The summed E-state index contributed by atoms with van der Waals surface area (Å²) in [6.45, 7) is 15.1. The van der Waals surface area contributed by atoms with Crippen molar-refractivity contribution < 1.29 is 9.59 Å². The molecule has 39 heavy (non-hydrogen) atoms. The molecule has 2 N–H and O–H groups in total. The van der Waals surface area contributed by atoms with Crippen LogP contribution in [0, 0.1) is 37.0 Å². The van der Waals surface area contributed by atoms with E-state index < -0.39 is 5.41 Å². The van der Waals surface area contributed by atoms with Crippen LogP contribution in [0.3, 0.4) is 0 Å². The minimum atomic E-state index is -0.424. The Hall–Kier alpha value is -2.90. The number of benzene rings is 2. The van der Waals surface area contributed by atoms with Crippen molar-refractivity contribution in [2.45, 2.75) is 97.8 Å². The largest absolute Gasteiger partial charge is 0.399 e. The molecular weight excluding hydrogens is 478 g/mol. The van der Waals surface area contributed by atoms with Gasteiger partial charge in [-0.2, -0.15) is 0 Å². The summed E-state index contributed by atoms with van der Waals surface area (Å²) in [4.78, 5) is 27.4. The number of nitrogens with two attached hydrogens (primary N) is 1. The first-order chi connectivity index (χ1) is 18.6. The summed E-state index contributed by atoms with van der Waals surface area (Å²) in [7, 11) is 0. The van der Waals surface area contributed by atoms with E-state index in [9.17, 15) is 9.59 Å². The lowest BCUT2D eigenvalue weighted by molar-refractivity contribution is -0.124. The van der Waals surface area contributed by atoms with E-state index in [4.69, 9.17) is 5.73 Å². The molecule has 2 fully saturated rings. The monoisotopic (exact) mass is 525 g/mol. The first kappa shape index (κ1) is 29.1. The highest BCUT2D eigenvalue weighted by Crippen LogP contribution is 2.59. The van der Waals surface area contributed by atoms with Crippen molar-refractivity contribution in [3.8, 4) is 0 Å². The Labute approximate surface area is 236 Å². The van der Waals surface area contributed by atoms with E-state index in [2.05, 4.69) is 77.3 Å². The molecule has 0 spiro atoms. The Kier molecular flexibility index (Phi) is 9.02. The van der Waals surface area contributed by atoms with Gasteiger partial charge in [0.05, 0.1) is 5.92 Å². The molecule has 0 amide bonds. The zero-order valence-electron chi connectivity index (χ0n) is 24.7. The molecule has 0 bridgehead atoms. The van der Waals surface area contributed by atoms with Crippen molar-refractivity contribution in [1.29, 1.82) is 0 Å². The maximum atomic E-state index is 13.8. The molecule has 3 heteroatoms. The Morgan fingerprint density at radius 1 is 1.05 bits per heavy atom. The van der Waals surface area contributed by atoms with Gasteiger partial charge >= 0.3 is 0 Å². The number of Topliss-reactive ketones (excluding diaryl/α,β-unsaturated/α-hetero) is 2. The lowest BCUT2D eigenvalue weighted by Crippen LogP contribution is -2.30. The van der Waals surface area contributed by atoms with Gasteiger partial charge in [0.2, 0.25) is 0 Å². The molecule has 0 radical (unpaired) electrons. The number of allylic oxidation sites excluding steroid dienone is 1. The second kappa shape index (κ2) is 12.1. The van der Waals surface area contributed by atoms with Crippen LogP contribution in [-0.2, 0) is 9.59 Å². The molecule has 0 aromatic heterocycles. The molecule has 3 nitrogen and oxygen atoms in total. The van der Waals surface area contributed by atoms with Gasteiger partial charge in [0.1, 0.15) is 11.6 Å². The summed E-state index contributed by atoms with van der Waals surface area (Å²) in [5.41, 5.74) is 15.1. The number of aryl methyl sites for hydroxylation is 2. The normalized spacial score (nSPS) is 26.1. The third-order valence-corrected chi connectivity index (χ3v) is 9.89. The maximum Gasteiger partial charge on any atom is 0.145 e.